The fourth-order valence-electron chi connectivity index (χ4n) is 1.57. The first-order valence-electron chi connectivity index (χ1n) is 5.03. The van der Waals surface area contributed by atoms with Gasteiger partial charge in [-0.05, 0) is 18.6 Å². The second kappa shape index (κ2) is 4.50. The van der Waals surface area contributed by atoms with Crippen LogP contribution < -0.4 is 10.5 Å². The number of benzene rings is 1. The number of nitrogens with two attached hydrogens (primary N) is 1. The van der Waals surface area contributed by atoms with E-state index in [-0.39, 0.29) is 23.8 Å². The Hall–Kier alpha value is -1.95. The molecule has 2 aromatic rings. The predicted molar refractivity (Wildman–Crippen MR) is 58.9 cm³/mol. The zero-order chi connectivity index (χ0) is 12.4. The molecule has 17 heavy (non-hydrogen) atoms. The second-order valence-electron chi connectivity index (χ2n) is 3.49. The number of aromatic nitrogens is 2. The summed E-state index contributed by atoms with van der Waals surface area (Å²) in [6, 6.07) is 2.97. The minimum atomic E-state index is -0.461. The van der Waals surface area contributed by atoms with E-state index in [1.54, 1.807) is 6.07 Å². The zero-order valence-electron chi connectivity index (χ0n) is 9.53. The molecular formula is C11H12FN3O2. The van der Waals surface area contributed by atoms with Crippen LogP contribution in [0.3, 0.4) is 0 Å². The summed E-state index contributed by atoms with van der Waals surface area (Å²) in [7, 11) is 1.47. The Morgan fingerprint density at radius 2 is 2.24 bits per heavy atom. The van der Waals surface area contributed by atoms with Gasteiger partial charge in [0.15, 0.2) is 0 Å². The molecule has 5 nitrogen and oxygen atoms in total. The average Bonchev–Trinajstić information content (AvgIpc) is 2.80. The first-order chi connectivity index (χ1) is 8.17. The lowest BCUT2D eigenvalue weighted by Gasteiger charge is -2.09. The van der Waals surface area contributed by atoms with Gasteiger partial charge in [0.1, 0.15) is 17.1 Å². The van der Waals surface area contributed by atoms with Crippen molar-refractivity contribution in [3.63, 3.8) is 0 Å². The molecule has 0 unspecified atom stereocenters. The molecule has 0 aliphatic heterocycles. The van der Waals surface area contributed by atoms with Crippen molar-refractivity contribution in [2.24, 2.45) is 5.73 Å². The fourth-order valence-corrected chi connectivity index (χ4v) is 1.57. The SMILES string of the molecule is COc1c(C)ccc(F)c1-c1noc(CN)n1. The number of hydrogen-bond acceptors (Lipinski definition) is 5. The predicted octanol–water partition coefficient (Wildman–Crippen LogP) is 1.65. The van der Waals surface area contributed by atoms with E-state index in [9.17, 15) is 4.39 Å². The summed E-state index contributed by atoms with van der Waals surface area (Å²) in [6.45, 7) is 1.93. The molecule has 0 fully saturated rings. The van der Waals surface area contributed by atoms with E-state index >= 15 is 0 Å². The van der Waals surface area contributed by atoms with E-state index < -0.39 is 5.82 Å². The van der Waals surface area contributed by atoms with Crippen LogP contribution >= 0.6 is 0 Å². The summed E-state index contributed by atoms with van der Waals surface area (Å²) in [6.07, 6.45) is 0. The maximum atomic E-state index is 13.8. The van der Waals surface area contributed by atoms with Crippen molar-refractivity contribution in [3.8, 4) is 17.1 Å². The third kappa shape index (κ3) is 1.99. The van der Waals surface area contributed by atoms with E-state index in [1.807, 2.05) is 6.92 Å². The Balaban J connectivity index is 2.60. The number of aryl methyl sites for hydroxylation is 1. The zero-order valence-corrected chi connectivity index (χ0v) is 9.53. The number of halogens is 1. The lowest BCUT2D eigenvalue weighted by Crippen LogP contribution is -1.98. The summed E-state index contributed by atoms with van der Waals surface area (Å²) in [4.78, 5) is 3.99. The monoisotopic (exact) mass is 237 g/mol. The van der Waals surface area contributed by atoms with Crippen molar-refractivity contribution in [2.75, 3.05) is 7.11 Å². The van der Waals surface area contributed by atoms with Gasteiger partial charge in [0.25, 0.3) is 0 Å². The van der Waals surface area contributed by atoms with Gasteiger partial charge in [-0.2, -0.15) is 4.98 Å². The van der Waals surface area contributed by atoms with E-state index in [4.69, 9.17) is 15.0 Å². The van der Waals surface area contributed by atoms with Gasteiger partial charge in [0.2, 0.25) is 11.7 Å². The quantitative estimate of drug-likeness (QED) is 0.878. The standard InChI is InChI=1S/C11H12FN3O2/c1-6-3-4-7(12)9(10(6)16-2)11-14-8(5-13)17-15-11/h3-4H,5,13H2,1-2H3. The van der Waals surface area contributed by atoms with Crippen molar-refractivity contribution < 1.29 is 13.7 Å². The molecule has 0 saturated carbocycles. The molecule has 0 radical (unpaired) electrons. The van der Waals surface area contributed by atoms with Gasteiger partial charge in [-0.1, -0.05) is 11.2 Å². The number of rotatable bonds is 3. The Morgan fingerprint density at radius 3 is 2.82 bits per heavy atom. The van der Waals surface area contributed by atoms with Crippen LogP contribution in [0.5, 0.6) is 5.75 Å². The average molecular weight is 237 g/mol. The molecule has 1 aromatic heterocycles. The molecule has 6 heteroatoms. The minimum Gasteiger partial charge on any atom is -0.496 e. The maximum absolute atomic E-state index is 13.8. The Labute approximate surface area is 97.4 Å². The van der Waals surface area contributed by atoms with E-state index in [0.29, 0.717) is 5.75 Å². The smallest absolute Gasteiger partial charge is 0.240 e. The summed E-state index contributed by atoms with van der Waals surface area (Å²) in [5, 5.41) is 3.68. The van der Waals surface area contributed by atoms with Crippen LogP contribution in [0.15, 0.2) is 16.7 Å². The molecule has 2 rings (SSSR count). The van der Waals surface area contributed by atoms with Crippen LogP contribution in [0.1, 0.15) is 11.5 Å². The van der Waals surface area contributed by atoms with Gasteiger partial charge < -0.3 is 15.0 Å². The highest BCUT2D eigenvalue weighted by molar-refractivity contribution is 5.66. The lowest BCUT2D eigenvalue weighted by molar-refractivity contribution is 0.379. The molecule has 0 atom stereocenters. The first kappa shape index (κ1) is 11.5. The van der Waals surface area contributed by atoms with Crippen LogP contribution in [0.25, 0.3) is 11.4 Å². The Kier molecular flexibility index (Phi) is 3.06. The molecule has 90 valence electrons. The van der Waals surface area contributed by atoms with Gasteiger partial charge in [-0.15, -0.1) is 0 Å². The first-order valence-corrected chi connectivity index (χ1v) is 5.03. The van der Waals surface area contributed by atoms with Crippen LogP contribution in [-0.2, 0) is 6.54 Å². The highest BCUT2D eigenvalue weighted by Crippen LogP contribution is 2.33. The molecule has 1 aromatic carbocycles. The van der Waals surface area contributed by atoms with Crippen molar-refractivity contribution in [1.29, 1.82) is 0 Å². The summed E-state index contributed by atoms with van der Waals surface area (Å²) in [5.74, 6) is 0.331. The number of ether oxygens (including phenoxy) is 1. The van der Waals surface area contributed by atoms with Crippen LogP contribution in [-0.4, -0.2) is 17.3 Å². The molecule has 0 amide bonds. The maximum Gasteiger partial charge on any atom is 0.240 e. The van der Waals surface area contributed by atoms with Gasteiger partial charge in [0.05, 0.1) is 13.7 Å². The van der Waals surface area contributed by atoms with Crippen molar-refractivity contribution >= 4 is 0 Å². The summed E-state index contributed by atoms with van der Waals surface area (Å²) >= 11 is 0. The number of hydrogen-bond donors (Lipinski definition) is 1. The molecular weight excluding hydrogens is 225 g/mol. The van der Waals surface area contributed by atoms with Crippen LogP contribution in [0.4, 0.5) is 4.39 Å². The highest BCUT2D eigenvalue weighted by Gasteiger charge is 2.19. The molecule has 1 heterocycles. The second-order valence-corrected chi connectivity index (χ2v) is 3.49. The minimum absolute atomic E-state index is 0.114. The van der Waals surface area contributed by atoms with Crippen molar-refractivity contribution in [3.05, 3.63) is 29.4 Å². The Bertz CT molecular complexity index is 540. The van der Waals surface area contributed by atoms with Gasteiger partial charge >= 0.3 is 0 Å². The molecule has 0 bridgehead atoms. The fraction of sp³-hybridized carbons (Fsp3) is 0.273. The van der Waals surface area contributed by atoms with E-state index in [0.717, 1.165) is 5.56 Å². The van der Waals surface area contributed by atoms with Gasteiger partial charge in [-0.25, -0.2) is 4.39 Å². The normalized spacial score (nSPS) is 10.6. The largest absolute Gasteiger partial charge is 0.496 e. The summed E-state index contributed by atoms with van der Waals surface area (Å²) in [5.41, 5.74) is 6.34. The van der Waals surface area contributed by atoms with Crippen molar-refractivity contribution in [2.45, 2.75) is 13.5 Å². The van der Waals surface area contributed by atoms with Crippen LogP contribution in [0, 0.1) is 12.7 Å². The highest BCUT2D eigenvalue weighted by atomic mass is 19.1. The van der Waals surface area contributed by atoms with Gasteiger partial charge in [-0.3, -0.25) is 0 Å². The van der Waals surface area contributed by atoms with Gasteiger partial charge in [0, 0.05) is 0 Å². The van der Waals surface area contributed by atoms with Crippen LogP contribution in [0.2, 0.25) is 0 Å². The molecule has 0 saturated heterocycles. The third-order valence-electron chi connectivity index (χ3n) is 2.37. The lowest BCUT2D eigenvalue weighted by atomic mass is 10.1. The molecule has 0 aliphatic rings. The summed E-state index contributed by atoms with van der Waals surface area (Å²) < 4.78 is 23.8. The van der Waals surface area contributed by atoms with E-state index in [1.165, 1.54) is 13.2 Å². The number of methoxy groups -OCH3 is 1. The van der Waals surface area contributed by atoms with E-state index in [2.05, 4.69) is 10.1 Å². The topological polar surface area (TPSA) is 74.2 Å². The molecule has 0 aliphatic carbocycles. The number of nitrogens with zero attached hydrogens (tertiary/aromatic N) is 2. The molecule has 2 N–H and O–H groups in total. The Morgan fingerprint density at radius 1 is 1.47 bits per heavy atom. The third-order valence-corrected chi connectivity index (χ3v) is 2.37. The molecule has 0 spiro atoms. The van der Waals surface area contributed by atoms with Crippen molar-refractivity contribution in [1.82, 2.24) is 10.1 Å².